The predicted molar refractivity (Wildman–Crippen MR) is 34.4 cm³/mol. The normalized spacial score (nSPS) is 51.0. The molecule has 3 atom stereocenters. The number of aliphatic hydroxyl groups excluding tert-OH is 1. The van der Waals surface area contributed by atoms with Crippen molar-refractivity contribution in [3.8, 4) is 0 Å². The summed E-state index contributed by atoms with van der Waals surface area (Å²) in [4.78, 5) is 0. The molecule has 1 saturated heterocycles. The molecular weight excluding hydrogens is 132 g/mol. The average molecular weight is 144 g/mol. The van der Waals surface area contributed by atoms with Gasteiger partial charge in [-0.2, -0.15) is 0 Å². The molecule has 1 aliphatic heterocycles. The Morgan fingerprint density at radius 3 is 3.00 bits per heavy atom. The van der Waals surface area contributed by atoms with E-state index in [2.05, 4.69) is 0 Å². The van der Waals surface area contributed by atoms with Gasteiger partial charge in [-0.05, 0) is 12.3 Å². The molecule has 1 aliphatic carbocycles. The van der Waals surface area contributed by atoms with Gasteiger partial charge in [-0.3, -0.25) is 0 Å². The van der Waals surface area contributed by atoms with Crippen LogP contribution in [0.3, 0.4) is 0 Å². The van der Waals surface area contributed by atoms with Gasteiger partial charge < -0.3 is 14.6 Å². The second kappa shape index (κ2) is 1.94. The van der Waals surface area contributed by atoms with Crippen LogP contribution in [0.4, 0.5) is 0 Å². The molecule has 0 unspecified atom stereocenters. The van der Waals surface area contributed by atoms with E-state index in [1.54, 1.807) is 7.11 Å². The highest BCUT2D eigenvalue weighted by Gasteiger charge is 2.61. The molecule has 2 rings (SSSR count). The summed E-state index contributed by atoms with van der Waals surface area (Å²) < 4.78 is 10.5. The molecule has 0 aromatic rings. The zero-order chi connectivity index (χ0) is 7.19. The number of rotatable bonds is 2. The third-order valence-corrected chi connectivity index (χ3v) is 2.55. The van der Waals surface area contributed by atoms with Crippen molar-refractivity contribution in [2.75, 3.05) is 13.7 Å². The van der Waals surface area contributed by atoms with Crippen molar-refractivity contribution >= 4 is 0 Å². The Balaban J connectivity index is 1.97. The minimum absolute atomic E-state index is 0.0640. The lowest BCUT2D eigenvalue weighted by Gasteiger charge is -2.14. The Hall–Kier alpha value is -0.120. The fourth-order valence-corrected chi connectivity index (χ4v) is 1.72. The van der Waals surface area contributed by atoms with Crippen LogP contribution in [0.1, 0.15) is 12.8 Å². The first kappa shape index (κ1) is 6.58. The summed E-state index contributed by atoms with van der Waals surface area (Å²) in [6.07, 6.45) is 1.91. The Kier molecular flexibility index (Phi) is 1.27. The first-order chi connectivity index (χ1) is 4.80. The van der Waals surface area contributed by atoms with Gasteiger partial charge >= 0.3 is 0 Å². The number of methoxy groups -OCH3 is 1. The van der Waals surface area contributed by atoms with E-state index in [4.69, 9.17) is 14.6 Å². The van der Waals surface area contributed by atoms with E-state index in [9.17, 15) is 0 Å². The molecule has 0 bridgehead atoms. The van der Waals surface area contributed by atoms with Crippen molar-refractivity contribution in [2.24, 2.45) is 5.92 Å². The van der Waals surface area contributed by atoms with Crippen LogP contribution < -0.4 is 0 Å². The number of ether oxygens (including phenoxy) is 2. The summed E-state index contributed by atoms with van der Waals surface area (Å²) in [5.74, 6) is 0.558. The summed E-state index contributed by atoms with van der Waals surface area (Å²) >= 11 is 0. The van der Waals surface area contributed by atoms with Crippen LogP contribution in [0.2, 0.25) is 0 Å². The highest BCUT2D eigenvalue weighted by atomic mass is 16.7. The van der Waals surface area contributed by atoms with Gasteiger partial charge in [-0.15, -0.1) is 0 Å². The highest BCUT2D eigenvalue weighted by Crippen LogP contribution is 2.55. The number of aliphatic hydroxyl groups is 1. The van der Waals surface area contributed by atoms with Crippen molar-refractivity contribution < 1.29 is 14.6 Å². The quantitative estimate of drug-likeness (QED) is 0.598. The van der Waals surface area contributed by atoms with Crippen LogP contribution in [0.5, 0.6) is 0 Å². The van der Waals surface area contributed by atoms with E-state index in [0.717, 1.165) is 12.8 Å². The van der Waals surface area contributed by atoms with E-state index in [0.29, 0.717) is 5.92 Å². The summed E-state index contributed by atoms with van der Waals surface area (Å²) in [7, 11) is 1.64. The lowest BCUT2D eigenvalue weighted by Crippen LogP contribution is -2.22. The molecule has 0 radical (unpaired) electrons. The van der Waals surface area contributed by atoms with E-state index in [1.165, 1.54) is 0 Å². The molecule has 58 valence electrons. The molecule has 1 heterocycles. The number of hydrogen-bond donors (Lipinski definition) is 1. The van der Waals surface area contributed by atoms with Crippen LogP contribution >= 0.6 is 0 Å². The Bertz CT molecular complexity index is 144. The van der Waals surface area contributed by atoms with Crippen LogP contribution in [-0.2, 0) is 9.47 Å². The molecule has 0 aromatic carbocycles. The molecular formula is C7H12O3. The van der Waals surface area contributed by atoms with Crippen molar-refractivity contribution in [1.29, 1.82) is 0 Å². The van der Waals surface area contributed by atoms with Crippen LogP contribution in [0.25, 0.3) is 0 Å². The van der Waals surface area contributed by atoms with Crippen molar-refractivity contribution in [1.82, 2.24) is 0 Å². The predicted octanol–water partition coefficient (Wildman–Crippen LogP) is 0.130. The van der Waals surface area contributed by atoms with Crippen molar-refractivity contribution in [2.45, 2.75) is 24.7 Å². The van der Waals surface area contributed by atoms with Crippen molar-refractivity contribution in [3.05, 3.63) is 0 Å². The minimum Gasteiger partial charge on any atom is -0.393 e. The first-order valence-electron chi connectivity index (χ1n) is 3.62. The second-order valence-corrected chi connectivity index (χ2v) is 3.14. The van der Waals surface area contributed by atoms with Crippen LogP contribution in [0, 0.1) is 5.92 Å². The largest absolute Gasteiger partial charge is 0.393 e. The average Bonchev–Trinajstić information content (AvgIpc) is 2.55. The molecule has 3 nitrogen and oxygen atoms in total. The topological polar surface area (TPSA) is 38.7 Å². The SMILES string of the molecule is CO[C@H]1C[C@H]2C[C@@]2(CO)O1. The maximum atomic E-state index is 8.90. The van der Waals surface area contributed by atoms with Gasteiger partial charge in [0.15, 0.2) is 6.29 Å². The summed E-state index contributed by atoms with van der Waals surface area (Å²) in [6, 6.07) is 0. The van der Waals surface area contributed by atoms with Gasteiger partial charge in [0.1, 0.15) is 0 Å². The molecule has 1 N–H and O–H groups in total. The van der Waals surface area contributed by atoms with E-state index in [1.807, 2.05) is 0 Å². The molecule has 1 saturated carbocycles. The summed E-state index contributed by atoms with van der Waals surface area (Å²) in [5, 5.41) is 8.90. The van der Waals surface area contributed by atoms with Gasteiger partial charge in [0.25, 0.3) is 0 Å². The highest BCUT2D eigenvalue weighted by molar-refractivity contribution is 5.09. The van der Waals surface area contributed by atoms with Crippen LogP contribution in [-0.4, -0.2) is 30.7 Å². The third kappa shape index (κ3) is 0.713. The summed E-state index contributed by atoms with van der Waals surface area (Å²) in [5.41, 5.74) is -0.194. The molecule has 0 amide bonds. The Morgan fingerprint density at radius 2 is 2.60 bits per heavy atom. The van der Waals surface area contributed by atoms with Gasteiger partial charge in [0.05, 0.1) is 12.2 Å². The molecule has 0 aromatic heterocycles. The van der Waals surface area contributed by atoms with Crippen LogP contribution in [0.15, 0.2) is 0 Å². The maximum Gasteiger partial charge on any atom is 0.158 e. The fourth-order valence-electron chi connectivity index (χ4n) is 1.72. The Labute approximate surface area is 59.9 Å². The monoisotopic (exact) mass is 144 g/mol. The Morgan fingerprint density at radius 1 is 1.80 bits per heavy atom. The van der Waals surface area contributed by atoms with Gasteiger partial charge in [-0.1, -0.05) is 0 Å². The minimum atomic E-state index is -0.194. The number of hydrogen-bond acceptors (Lipinski definition) is 3. The second-order valence-electron chi connectivity index (χ2n) is 3.14. The fraction of sp³-hybridized carbons (Fsp3) is 1.00. The molecule has 2 aliphatic rings. The maximum absolute atomic E-state index is 8.90. The van der Waals surface area contributed by atoms with E-state index < -0.39 is 0 Å². The number of fused-ring (bicyclic) bond motifs is 1. The van der Waals surface area contributed by atoms with Gasteiger partial charge in [0, 0.05) is 13.5 Å². The summed E-state index contributed by atoms with van der Waals surface area (Å²) in [6.45, 7) is 0.150. The molecule has 2 fully saturated rings. The van der Waals surface area contributed by atoms with Crippen molar-refractivity contribution in [3.63, 3.8) is 0 Å². The van der Waals surface area contributed by atoms with Gasteiger partial charge in [0.2, 0.25) is 0 Å². The third-order valence-electron chi connectivity index (χ3n) is 2.55. The lowest BCUT2D eigenvalue weighted by atomic mass is 10.2. The van der Waals surface area contributed by atoms with E-state index >= 15 is 0 Å². The molecule has 10 heavy (non-hydrogen) atoms. The molecule has 0 spiro atoms. The standard InChI is InChI=1S/C7H12O3/c1-9-6-2-5-3-7(5,4-8)10-6/h5-6,8H,2-4H2,1H3/t5-,6+,7-/m0/s1. The zero-order valence-corrected chi connectivity index (χ0v) is 6.04. The zero-order valence-electron chi connectivity index (χ0n) is 6.04. The lowest BCUT2D eigenvalue weighted by molar-refractivity contribution is -0.148. The smallest absolute Gasteiger partial charge is 0.158 e. The first-order valence-corrected chi connectivity index (χ1v) is 3.62. The van der Waals surface area contributed by atoms with Gasteiger partial charge in [-0.25, -0.2) is 0 Å². The molecule has 3 heteroatoms. The van der Waals surface area contributed by atoms with E-state index in [-0.39, 0.29) is 18.5 Å².